The van der Waals surface area contributed by atoms with Crippen LogP contribution in [-0.2, 0) is 11.2 Å². The highest BCUT2D eigenvalue weighted by Crippen LogP contribution is 2.20. The molecule has 0 aromatic heterocycles. The van der Waals surface area contributed by atoms with Crippen LogP contribution in [0.2, 0.25) is 0 Å². The van der Waals surface area contributed by atoms with Gasteiger partial charge in [-0.25, -0.2) is 4.79 Å². The Hall–Kier alpha value is -1.55. The summed E-state index contributed by atoms with van der Waals surface area (Å²) < 4.78 is 5.06. The maximum absolute atomic E-state index is 11.8. The van der Waals surface area contributed by atoms with Crippen LogP contribution >= 0.6 is 0 Å². The Morgan fingerprint density at radius 1 is 1.37 bits per heavy atom. The number of ether oxygens (including phenoxy) is 1. The van der Waals surface area contributed by atoms with Gasteiger partial charge in [-0.1, -0.05) is 30.3 Å². The summed E-state index contributed by atoms with van der Waals surface area (Å²) >= 11 is 0. The third-order valence-corrected chi connectivity index (χ3v) is 3.46. The number of carbonyl (C=O) groups excluding carboxylic acids is 1. The molecule has 2 unspecified atom stereocenters. The standard InChI is InChI=1S/C15H22N2O2/c1-2-19-15(18)17-10-13(9-14(16)11-17)8-12-6-4-3-5-7-12/h3-7,13-14H,2,8-11,16H2,1H3. The van der Waals surface area contributed by atoms with Crippen molar-refractivity contribution >= 4 is 6.09 Å². The predicted octanol–water partition coefficient (Wildman–Crippen LogP) is 2.03. The molecule has 1 fully saturated rings. The van der Waals surface area contributed by atoms with Crippen molar-refractivity contribution in [2.75, 3.05) is 19.7 Å². The first-order valence-electron chi connectivity index (χ1n) is 6.90. The van der Waals surface area contributed by atoms with Crippen molar-refractivity contribution < 1.29 is 9.53 Å². The summed E-state index contributed by atoms with van der Waals surface area (Å²) in [6, 6.07) is 10.4. The van der Waals surface area contributed by atoms with Crippen LogP contribution in [0.4, 0.5) is 4.79 Å². The molecule has 19 heavy (non-hydrogen) atoms. The molecule has 1 aromatic rings. The van der Waals surface area contributed by atoms with Gasteiger partial charge in [0.25, 0.3) is 0 Å². The van der Waals surface area contributed by atoms with E-state index in [-0.39, 0.29) is 12.1 Å². The van der Waals surface area contributed by atoms with Crippen LogP contribution in [-0.4, -0.2) is 36.7 Å². The second-order valence-electron chi connectivity index (χ2n) is 5.16. The van der Waals surface area contributed by atoms with Crippen LogP contribution in [0.25, 0.3) is 0 Å². The summed E-state index contributed by atoms with van der Waals surface area (Å²) in [4.78, 5) is 13.5. The third kappa shape index (κ3) is 3.96. The molecule has 1 amide bonds. The van der Waals surface area contributed by atoms with E-state index in [4.69, 9.17) is 10.5 Å². The predicted molar refractivity (Wildman–Crippen MR) is 74.8 cm³/mol. The Bertz CT molecular complexity index is 408. The maximum Gasteiger partial charge on any atom is 0.409 e. The zero-order chi connectivity index (χ0) is 13.7. The molecule has 2 N–H and O–H groups in total. The molecule has 4 heteroatoms. The summed E-state index contributed by atoms with van der Waals surface area (Å²) in [5.41, 5.74) is 7.35. The second-order valence-corrected chi connectivity index (χ2v) is 5.16. The van der Waals surface area contributed by atoms with E-state index in [0.717, 1.165) is 19.4 Å². The number of benzene rings is 1. The molecule has 104 valence electrons. The number of likely N-dealkylation sites (tertiary alicyclic amines) is 1. The van der Waals surface area contributed by atoms with E-state index in [1.807, 2.05) is 25.1 Å². The van der Waals surface area contributed by atoms with Crippen molar-refractivity contribution in [2.45, 2.75) is 25.8 Å². The molecule has 1 heterocycles. The number of rotatable bonds is 3. The molecule has 4 nitrogen and oxygen atoms in total. The average molecular weight is 262 g/mol. The van der Waals surface area contributed by atoms with Gasteiger partial charge in [0.2, 0.25) is 0 Å². The van der Waals surface area contributed by atoms with Gasteiger partial charge in [-0.3, -0.25) is 0 Å². The minimum absolute atomic E-state index is 0.0480. The van der Waals surface area contributed by atoms with Gasteiger partial charge in [0.15, 0.2) is 0 Å². The second kappa shape index (κ2) is 6.57. The Morgan fingerprint density at radius 2 is 2.11 bits per heavy atom. The lowest BCUT2D eigenvalue weighted by Crippen LogP contribution is -2.50. The fourth-order valence-electron chi connectivity index (χ4n) is 2.71. The van der Waals surface area contributed by atoms with Crippen LogP contribution < -0.4 is 5.73 Å². The smallest absolute Gasteiger partial charge is 0.409 e. The molecule has 1 aliphatic rings. The zero-order valence-electron chi connectivity index (χ0n) is 11.4. The number of carbonyl (C=O) groups is 1. The van der Waals surface area contributed by atoms with E-state index in [9.17, 15) is 4.79 Å². The van der Waals surface area contributed by atoms with Crippen molar-refractivity contribution in [3.05, 3.63) is 35.9 Å². The Labute approximate surface area is 114 Å². The quantitative estimate of drug-likeness (QED) is 0.907. The van der Waals surface area contributed by atoms with Gasteiger partial charge in [-0.15, -0.1) is 0 Å². The normalized spacial score (nSPS) is 23.2. The fourth-order valence-corrected chi connectivity index (χ4v) is 2.71. The minimum atomic E-state index is -0.240. The van der Waals surface area contributed by atoms with Crippen LogP contribution in [0, 0.1) is 5.92 Å². The van der Waals surface area contributed by atoms with E-state index >= 15 is 0 Å². The van der Waals surface area contributed by atoms with E-state index in [1.165, 1.54) is 5.56 Å². The highest BCUT2D eigenvalue weighted by Gasteiger charge is 2.28. The number of piperidine rings is 1. The highest BCUT2D eigenvalue weighted by molar-refractivity contribution is 5.67. The zero-order valence-corrected chi connectivity index (χ0v) is 11.4. The Balaban J connectivity index is 1.96. The van der Waals surface area contributed by atoms with Crippen LogP contribution in [0.5, 0.6) is 0 Å². The molecular formula is C15H22N2O2. The van der Waals surface area contributed by atoms with Gasteiger partial charge < -0.3 is 15.4 Å². The molecule has 2 atom stereocenters. The van der Waals surface area contributed by atoms with Crippen LogP contribution in [0.3, 0.4) is 0 Å². The number of hydrogen-bond donors (Lipinski definition) is 1. The lowest BCUT2D eigenvalue weighted by Gasteiger charge is -2.35. The van der Waals surface area contributed by atoms with Gasteiger partial charge in [-0.2, -0.15) is 0 Å². The molecule has 1 saturated heterocycles. The maximum atomic E-state index is 11.8. The van der Waals surface area contributed by atoms with Gasteiger partial charge in [0.1, 0.15) is 0 Å². The van der Waals surface area contributed by atoms with Crippen LogP contribution in [0.15, 0.2) is 30.3 Å². The van der Waals surface area contributed by atoms with Gasteiger partial charge in [0.05, 0.1) is 6.61 Å². The third-order valence-electron chi connectivity index (χ3n) is 3.46. The summed E-state index contributed by atoms with van der Waals surface area (Å²) in [5.74, 6) is 0.413. The molecule has 0 saturated carbocycles. The molecule has 0 spiro atoms. The largest absolute Gasteiger partial charge is 0.450 e. The number of nitrogens with two attached hydrogens (primary N) is 1. The lowest BCUT2D eigenvalue weighted by atomic mass is 9.89. The average Bonchev–Trinajstić information content (AvgIpc) is 2.39. The van der Waals surface area contributed by atoms with Crippen molar-refractivity contribution in [1.29, 1.82) is 0 Å². The molecular weight excluding hydrogens is 240 g/mol. The van der Waals surface area contributed by atoms with E-state index in [2.05, 4.69) is 12.1 Å². The minimum Gasteiger partial charge on any atom is -0.450 e. The Kier molecular flexibility index (Phi) is 4.80. The molecule has 0 bridgehead atoms. The summed E-state index contributed by atoms with van der Waals surface area (Å²) in [6.07, 6.45) is 1.69. The van der Waals surface area contributed by atoms with Gasteiger partial charge in [-0.05, 0) is 31.2 Å². The first-order valence-corrected chi connectivity index (χ1v) is 6.90. The van der Waals surface area contributed by atoms with Crippen molar-refractivity contribution in [1.82, 2.24) is 4.90 Å². The summed E-state index contributed by atoms with van der Waals surface area (Å²) in [5, 5.41) is 0. The molecule has 0 aliphatic carbocycles. The first-order chi connectivity index (χ1) is 9.19. The molecule has 1 aromatic carbocycles. The number of amides is 1. The number of nitrogens with zero attached hydrogens (tertiary/aromatic N) is 1. The Morgan fingerprint density at radius 3 is 2.79 bits per heavy atom. The molecule has 2 rings (SSSR count). The first kappa shape index (κ1) is 13.9. The van der Waals surface area contributed by atoms with E-state index < -0.39 is 0 Å². The highest BCUT2D eigenvalue weighted by atomic mass is 16.6. The van der Waals surface area contributed by atoms with Crippen LogP contribution in [0.1, 0.15) is 18.9 Å². The number of hydrogen-bond acceptors (Lipinski definition) is 3. The monoisotopic (exact) mass is 262 g/mol. The van der Waals surface area contributed by atoms with Gasteiger partial charge >= 0.3 is 6.09 Å². The summed E-state index contributed by atoms with van der Waals surface area (Å²) in [6.45, 7) is 3.57. The van der Waals surface area contributed by atoms with E-state index in [1.54, 1.807) is 4.90 Å². The van der Waals surface area contributed by atoms with Crippen molar-refractivity contribution in [3.63, 3.8) is 0 Å². The topological polar surface area (TPSA) is 55.6 Å². The van der Waals surface area contributed by atoms with E-state index in [0.29, 0.717) is 19.1 Å². The summed E-state index contributed by atoms with van der Waals surface area (Å²) in [7, 11) is 0. The lowest BCUT2D eigenvalue weighted by molar-refractivity contribution is 0.0833. The van der Waals surface area contributed by atoms with Gasteiger partial charge in [0, 0.05) is 19.1 Å². The molecule has 1 aliphatic heterocycles. The van der Waals surface area contributed by atoms with Crippen molar-refractivity contribution in [3.8, 4) is 0 Å². The fraction of sp³-hybridized carbons (Fsp3) is 0.533. The molecule has 0 radical (unpaired) electrons. The SMILES string of the molecule is CCOC(=O)N1CC(N)CC(Cc2ccccc2)C1. The van der Waals surface area contributed by atoms with Crippen molar-refractivity contribution in [2.24, 2.45) is 11.7 Å².